The van der Waals surface area contributed by atoms with Gasteiger partial charge in [0.2, 0.25) is 5.92 Å². The van der Waals surface area contributed by atoms with E-state index in [4.69, 9.17) is 4.98 Å². The first-order valence-electron chi connectivity index (χ1n) is 10.6. The summed E-state index contributed by atoms with van der Waals surface area (Å²) in [5.74, 6) is -2.18. The average Bonchev–Trinajstić information content (AvgIpc) is 3.04. The molecule has 29 heavy (non-hydrogen) atoms. The average molecular weight is 405 g/mol. The molecule has 158 valence electrons. The number of nitrogens with zero attached hydrogens (tertiary/aromatic N) is 2. The molecule has 2 atom stereocenters. The van der Waals surface area contributed by atoms with E-state index in [1.807, 2.05) is 19.1 Å². The van der Waals surface area contributed by atoms with Crippen LogP contribution in [-0.2, 0) is 11.2 Å². The van der Waals surface area contributed by atoms with Gasteiger partial charge in [-0.1, -0.05) is 6.07 Å². The molecule has 1 saturated heterocycles. The second-order valence-corrected chi connectivity index (χ2v) is 8.90. The fraction of sp³-hybridized carbons (Fsp3) is 0.636. The number of aromatic nitrogens is 2. The summed E-state index contributed by atoms with van der Waals surface area (Å²) in [6, 6.07) is 6.27. The highest BCUT2D eigenvalue weighted by Crippen LogP contribution is 2.38. The molecule has 1 aromatic carbocycles. The molecule has 0 unspecified atom stereocenters. The number of carboxylic acids is 1. The second kappa shape index (κ2) is 8.01. The number of halogens is 2. The lowest BCUT2D eigenvalue weighted by molar-refractivity contribution is -0.139. The van der Waals surface area contributed by atoms with Crippen molar-refractivity contribution in [3.63, 3.8) is 0 Å². The zero-order chi connectivity index (χ0) is 20.6. The number of aromatic amines is 1. The molecule has 0 radical (unpaired) electrons. The number of rotatable bonds is 5. The molecule has 0 bridgehead atoms. The topological polar surface area (TPSA) is 69.2 Å². The Bertz CT molecular complexity index is 872. The molecule has 4 rings (SSSR count). The smallest absolute Gasteiger partial charge is 0.303 e. The minimum absolute atomic E-state index is 0.0414. The minimum Gasteiger partial charge on any atom is -0.481 e. The first kappa shape index (κ1) is 20.3. The van der Waals surface area contributed by atoms with Crippen LogP contribution in [0.5, 0.6) is 0 Å². The van der Waals surface area contributed by atoms with Gasteiger partial charge < -0.3 is 15.0 Å². The highest BCUT2D eigenvalue weighted by Gasteiger charge is 2.40. The summed E-state index contributed by atoms with van der Waals surface area (Å²) >= 11 is 0. The molecule has 2 heterocycles. The molecule has 1 saturated carbocycles. The predicted molar refractivity (Wildman–Crippen MR) is 107 cm³/mol. The van der Waals surface area contributed by atoms with Gasteiger partial charge in [0.15, 0.2) is 0 Å². The van der Waals surface area contributed by atoms with Crippen LogP contribution in [0.25, 0.3) is 11.0 Å². The molecule has 2 N–H and O–H groups in total. The number of aryl methyl sites for hydroxylation is 1. The molecule has 2 fully saturated rings. The second-order valence-electron chi connectivity index (χ2n) is 8.90. The summed E-state index contributed by atoms with van der Waals surface area (Å²) in [4.78, 5) is 21.8. The predicted octanol–water partition coefficient (Wildman–Crippen LogP) is 4.40. The molecule has 7 heteroatoms. The van der Waals surface area contributed by atoms with Crippen molar-refractivity contribution < 1.29 is 18.7 Å². The minimum atomic E-state index is -2.52. The number of carbonyl (C=O) groups is 1. The molecular weight excluding hydrogens is 376 g/mol. The van der Waals surface area contributed by atoms with E-state index >= 15 is 0 Å². The van der Waals surface area contributed by atoms with E-state index in [2.05, 4.69) is 16.0 Å². The fourth-order valence-corrected chi connectivity index (χ4v) is 5.08. The molecule has 2 aromatic rings. The lowest BCUT2D eigenvalue weighted by Crippen LogP contribution is -2.49. The lowest BCUT2D eigenvalue weighted by atomic mass is 9.79. The largest absolute Gasteiger partial charge is 0.481 e. The molecule has 1 aliphatic carbocycles. The van der Waals surface area contributed by atoms with Crippen molar-refractivity contribution in [2.24, 2.45) is 11.8 Å². The van der Waals surface area contributed by atoms with Gasteiger partial charge in [0.1, 0.15) is 5.82 Å². The summed E-state index contributed by atoms with van der Waals surface area (Å²) in [6.07, 6.45) is 2.59. The van der Waals surface area contributed by atoms with Crippen molar-refractivity contribution >= 4 is 17.0 Å². The van der Waals surface area contributed by atoms with Crippen LogP contribution in [0.2, 0.25) is 0 Å². The number of hydrogen-bond donors (Lipinski definition) is 2. The number of hydrogen-bond acceptors (Lipinski definition) is 3. The summed E-state index contributed by atoms with van der Waals surface area (Å²) in [6.45, 7) is 3.59. The first-order chi connectivity index (χ1) is 13.8. The van der Waals surface area contributed by atoms with Crippen molar-refractivity contribution in [1.82, 2.24) is 14.9 Å². The van der Waals surface area contributed by atoms with E-state index < -0.39 is 11.9 Å². The highest BCUT2D eigenvalue weighted by molar-refractivity contribution is 5.75. The number of imidazole rings is 1. The molecule has 1 aromatic heterocycles. The van der Waals surface area contributed by atoms with Crippen LogP contribution in [0, 0.1) is 18.8 Å². The van der Waals surface area contributed by atoms with Crippen LogP contribution in [-0.4, -0.2) is 51.0 Å². The normalized spacial score (nSPS) is 26.0. The number of benzene rings is 1. The van der Waals surface area contributed by atoms with Crippen LogP contribution in [0.4, 0.5) is 8.78 Å². The number of likely N-dealkylation sites (tertiary alicyclic amines) is 1. The van der Waals surface area contributed by atoms with Crippen LogP contribution in [0.1, 0.15) is 49.9 Å². The van der Waals surface area contributed by atoms with Crippen molar-refractivity contribution in [2.45, 2.75) is 63.8 Å². The van der Waals surface area contributed by atoms with Gasteiger partial charge >= 0.3 is 5.97 Å². The number of H-pyrrole nitrogens is 1. The SMILES string of the molecule is Cc1ccc2nc(C[C@H]3CN(C4CCC(F)(F)CC4)CC[C@H]3CC(=O)O)[nH]c2c1. The Labute approximate surface area is 169 Å². The van der Waals surface area contributed by atoms with Crippen molar-refractivity contribution in [1.29, 1.82) is 0 Å². The maximum atomic E-state index is 13.5. The van der Waals surface area contributed by atoms with Crippen LogP contribution < -0.4 is 0 Å². The Morgan fingerprint density at radius 2 is 2.03 bits per heavy atom. The summed E-state index contributed by atoms with van der Waals surface area (Å²) in [5.41, 5.74) is 3.08. The quantitative estimate of drug-likeness (QED) is 0.773. The first-order valence-corrected chi connectivity index (χ1v) is 10.6. The third kappa shape index (κ3) is 4.77. The van der Waals surface area contributed by atoms with E-state index in [-0.39, 0.29) is 37.1 Å². The van der Waals surface area contributed by atoms with Crippen LogP contribution in [0.15, 0.2) is 18.2 Å². The van der Waals surface area contributed by atoms with E-state index in [9.17, 15) is 18.7 Å². The van der Waals surface area contributed by atoms with E-state index in [1.54, 1.807) is 0 Å². The third-order valence-corrected chi connectivity index (χ3v) is 6.70. The van der Waals surface area contributed by atoms with Crippen LogP contribution >= 0.6 is 0 Å². The third-order valence-electron chi connectivity index (χ3n) is 6.70. The molecule has 0 amide bonds. The number of alkyl halides is 2. The Balaban J connectivity index is 1.49. The summed E-state index contributed by atoms with van der Waals surface area (Å²) < 4.78 is 27.1. The van der Waals surface area contributed by atoms with E-state index in [0.29, 0.717) is 19.3 Å². The van der Waals surface area contributed by atoms with Gasteiger partial charge in [-0.3, -0.25) is 4.79 Å². The van der Waals surface area contributed by atoms with Crippen molar-refractivity contribution in [3.05, 3.63) is 29.6 Å². The lowest BCUT2D eigenvalue weighted by Gasteiger charge is -2.44. The fourth-order valence-electron chi connectivity index (χ4n) is 5.08. The number of fused-ring (bicyclic) bond motifs is 1. The van der Waals surface area contributed by atoms with E-state index in [1.165, 1.54) is 0 Å². The molecule has 2 aliphatic rings. The molecule has 0 spiro atoms. The zero-order valence-corrected chi connectivity index (χ0v) is 16.8. The van der Waals surface area contributed by atoms with E-state index in [0.717, 1.165) is 41.9 Å². The van der Waals surface area contributed by atoms with Gasteiger partial charge in [0.25, 0.3) is 0 Å². The monoisotopic (exact) mass is 405 g/mol. The highest BCUT2D eigenvalue weighted by atomic mass is 19.3. The Morgan fingerprint density at radius 1 is 1.28 bits per heavy atom. The number of carboxylic acid groups (broad SMARTS) is 1. The summed E-state index contributed by atoms with van der Waals surface area (Å²) in [7, 11) is 0. The van der Waals surface area contributed by atoms with Crippen LogP contribution in [0.3, 0.4) is 0 Å². The Morgan fingerprint density at radius 3 is 2.76 bits per heavy atom. The standard InChI is InChI=1S/C22H29F2N3O2/c1-14-2-3-18-19(10-14)26-20(25-18)11-16-13-27(9-6-15(16)12-21(28)29)17-4-7-22(23,24)8-5-17/h2-3,10,15-17H,4-9,11-13H2,1H3,(H,25,26)(H,28,29)/t15-,16-/m0/s1. The number of aliphatic carboxylic acids is 1. The Kier molecular flexibility index (Phi) is 5.60. The van der Waals surface area contributed by atoms with Gasteiger partial charge in [-0.25, -0.2) is 13.8 Å². The molecule has 5 nitrogen and oxygen atoms in total. The van der Waals surface area contributed by atoms with Gasteiger partial charge in [-0.2, -0.15) is 0 Å². The maximum Gasteiger partial charge on any atom is 0.303 e. The number of piperidine rings is 1. The summed E-state index contributed by atoms with van der Waals surface area (Å²) in [5, 5.41) is 9.35. The zero-order valence-electron chi connectivity index (χ0n) is 16.8. The van der Waals surface area contributed by atoms with Gasteiger partial charge in [-0.05, 0) is 62.3 Å². The molecular formula is C22H29F2N3O2. The Hall–Kier alpha value is -2.02. The van der Waals surface area contributed by atoms with Gasteiger partial charge in [0.05, 0.1) is 11.0 Å². The molecule has 1 aliphatic heterocycles. The van der Waals surface area contributed by atoms with Crippen molar-refractivity contribution in [3.8, 4) is 0 Å². The van der Waals surface area contributed by atoms with Gasteiger partial charge in [0, 0.05) is 38.3 Å². The van der Waals surface area contributed by atoms with Crippen molar-refractivity contribution in [2.75, 3.05) is 13.1 Å². The number of nitrogens with one attached hydrogen (secondary N) is 1. The maximum absolute atomic E-state index is 13.5. The van der Waals surface area contributed by atoms with Gasteiger partial charge in [-0.15, -0.1) is 0 Å².